The topological polar surface area (TPSA) is 69.6 Å². The minimum absolute atomic E-state index is 0.00222. The van der Waals surface area contributed by atoms with Crippen LogP contribution in [-0.4, -0.2) is 41.5 Å². The Morgan fingerprint density at radius 2 is 2.25 bits per heavy atom. The van der Waals surface area contributed by atoms with Gasteiger partial charge >= 0.3 is 0 Å². The van der Waals surface area contributed by atoms with Crippen molar-refractivity contribution in [1.29, 1.82) is 0 Å². The van der Waals surface area contributed by atoms with Crippen LogP contribution in [0.15, 0.2) is 24.3 Å². The van der Waals surface area contributed by atoms with E-state index in [1.807, 2.05) is 13.0 Å². The summed E-state index contributed by atoms with van der Waals surface area (Å²) in [6, 6.07) is 6.71. The smallest absolute Gasteiger partial charge is 0.227 e. The van der Waals surface area contributed by atoms with Crippen LogP contribution in [0, 0.1) is 5.92 Å². The first-order chi connectivity index (χ1) is 9.60. The Hall–Kier alpha value is -2.04. The van der Waals surface area contributed by atoms with E-state index in [2.05, 4.69) is 5.32 Å². The number of phenolic OH excluding ortho intramolecular Hbond substituents is 1. The second-order valence-electron chi connectivity index (χ2n) is 5.07. The van der Waals surface area contributed by atoms with E-state index >= 15 is 0 Å². The van der Waals surface area contributed by atoms with Crippen LogP contribution in [-0.2, 0) is 16.0 Å². The second-order valence-corrected chi connectivity index (χ2v) is 5.07. The third-order valence-electron chi connectivity index (χ3n) is 3.53. The molecule has 1 aliphatic rings. The van der Waals surface area contributed by atoms with E-state index in [0.717, 1.165) is 12.0 Å². The highest BCUT2D eigenvalue weighted by Crippen LogP contribution is 2.18. The number of amides is 2. The van der Waals surface area contributed by atoms with Crippen LogP contribution < -0.4 is 5.32 Å². The van der Waals surface area contributed by atoms with Gasteiger partial charge in [-0.2, -0.15) is 0 Å². The molecular formula is C15H20N2O3. The van der Waals surface area contributed by atoms with Gasteiger partial charge in [0.05, 0.1) is 12.3 Å². The fraction of sp³-hybridized carbons (Fsp3) is 0.467. The number of carbonyl (C=O) groups is 2. The van der Waals surface area contributed by atoms with E-state index in [-0.39, 0.29) is 29.9 Å². The summed E-state index contributed by atoms with van der Waals surface area (Å²) in [6.45, 7) is 3.62. The van der Waals surface area contributed by atoms with Crippen LogP contribution in [0.25, 0.3) is 0 Å². The summed E-state index contributed by atoms with van der Waals surface area (Å²) in [7, 11) is 0. The molecule has 5 nitrogen and oxygen atoms in total. The van der Waals surface area contributed by atoms with Crippen molar-refractivity contribution in [3.8, 4) is 5.75 Å². The number of rotatable bonds is 4. The van der Waals surface area contributed by atoms with E-state index in [4.69, 9.17) is 0 Å². The van der Waals surface area contributed by atoms with Crippen molar-refractivity contribution < 1.29 is 14.7 Å². The maximum atomic E-state index is 12.2. The summed E-state index contributed by atoms with van der Waals surface area (Å²) >= 11 is 0. The highest BCUT2D eigenvalue weighted by Gasteiger charge is 2.30. The number of carbonyl (C=O) groups excluding carboxylic acids is 2. The predicted octanol–water partition coefficient (Wildman–Crippen LogP) is 0.919. The van der Waals surface area contributed by atoms with Gasteiger partial charge in [0.1, 0.15) is 5.75 Å². The van der Waals surface area contributed by atoms with Gasteiger partial charge in [-0.05, 0) is 31.0 Å². The highest BCUT2D eigenvalue weighted by molar-refractivity contribution is 5.83. The lowest BCUT2D eigenvalue weighted by Crippen LogP contribution is -2.35. The van der Waals surface area contributed by atoms with Gasteiger partial charge in [0.2, 0.25) is 11.8 Å². The first kappa shape index (κ1) is 14.4. The number of hydrogen-bond acceptors (Lipinski definition) is 3. The molecule has 5 heteroatoms. The number of aromatic hydroxyl groups is 1. The van der Waals surface area contributed by atoms with Crippen molar-refractivity contribution in [3.63, 3.8) is 0 Å². The first-order valence-corrected chi connectivity index (χ1v) is 6.93. The molecule has 108 valence electrons. The molecule has 0 aliphatic carbocycles. The van der Waals surface area contributed by atoms with Gasteiger partial charge in [-0.3, -0.25) is 9.59 Å². The number of nitrogens with zero attached hydrogens (tertiary/aromatic N) is 1. The molecule has 0 bridgehead atoms. The van der Waals surface area contributed by atoms with Crippen molar-refractivity contribution in [2.45, 2.75) is 19.8 Å². The van der Waals surface area contributed by atoms with E-state index in [1.54, 1.807) is 23.1 Å². The van der Waals surface area contributed by atoms with Gasteiger partial charge in [0, 0.05) is 19.6 Å². The Kier molecular flexibility index (Phi) is 4.61. The molecule has 1 atom stereocenters. The van der Waals surface area contributed by atoms with Crippen molar-refractivity contribution in [2.24, 2.45) is 5.92 Å². The number of hydrogen-bond donors (Lipinski definition) is 2. The number of benzene rings is 1. The SMILES string of the molecule is CCNC(=O)C1CCN(C(=O)Cc2cccc(O)c2)C1. The summed E-state index contributed by atoms with van der Waals surface area (Å²) in [5.41, 5.74) is 0.788. The Labute approximate surface area is 118 Å². The molecule has 2 N–H and O–H groups in total. The summed E-state index contributed by atoms with van der Waals surface area (Å²) in [6.07, 6.45) is 0.980. The monoisotopic (exact) mass is 276 g/mol. The standard InChI is InChI=1S/C15H20N2O3/c1-2-16-15(20)12-6-7-17(10-12)14(19)9-11-4-3-5-13(18)8-11/h3-5,8,12,18H,2,6-7,9-10H2,1H3,(H,16,20). The Balaban J connectivity index is 1.90. The van der Waals surface area contributed by atoms with Gasteiger partial charge in [0.25, 0.3) is 0 Å². The van der Waals surface area contributed by atoms with Crippen LogP contribution in [0.4, 0.5) is 0 Å². The molecule has 1 unspecified atom stereocenters. The van der Waals surface area contributed by atoms with E-state index < -0.39 is 0 Å². The molecule has 0 aromatic heterocycles. The fourth-order valence-corrected chi connectivity index (χ4v) is 2.47. The van der Waals surface area contributed by atoms with Gasteiger partial charge < -0.3 is 15.3 Å². The fourth-order valence-electron chi connectivity index (χ4n) is 2.47. The molecule has 0 spiro atoms. The molecule has 0 saturated carbocycles. The third-order valence-corrected chi connectivity index (χ3v) is 3.53. The van der Waals surface area contributed by atoms with E-state index in [1.165, 1.54) is 0 Å². The first-order valence-electron chi connectivity index (χ1n) is 6.93. The molecule has 1 heterocycles. The van der Waals surface area contributed by atoms with Crippen LogP contribution in [0.2, 0.25) is 0 Å². The van der Waals surface area contributed by atoms with Gasteiger partial charge in [-0.25, -0.2) is 0 Å². The van der Waals surface area contributed by atoms with Crippen molar-refractivity contribution in [1.82, 2.24) is 10.2 Å². The van der Waals surface area contributed by atoms with Crippen molar-refractivity contribution in [2.75, 3.05) is 19.6 Å². The molecule has 1 saturated heterocycles. The molecular weight excluding hydrogens is 256 g/mol. The van der Waals surface area contributed by atoms with Gasteiger partial charge in [-0.15, -0.1) is 0 Å². The Morgan fingerprint density at radius 3 is 2.95 bits per heavy atom. The lowest BCUT2D eigenvalue weighted by molar-refractivity contribution is -0.130. The minimum atomic E-state index is -0.0944. The third kappa shape index (κ3) is 3.50. The Morgan fingerprint density at radius 1 is 1.45 bits per heavy atom. The minimum Gasteiger partial charge on any atom is -0.508 e. The quantitative estimate of drug-likeness (QED) is 0.859. The van der Waals surface area contributed by atoms with Crippen LogP contribution in [0.5, 0.6) is 5.75 Å². The van der Waals surface area contributed by atoms with Crippen molar-refractivity contribution >= 4 is 11.8 Å². The van der Waals surface area contributed by atoms with E-state index in [0.29, 0.717) is 19.6 Å². The molecule has 2 amide bonds. The van der Waals surface area contributed by atoms with Gasteiger partial charge in [0.15, 0.2) is 0 Å². The zero-order chi connectivity index (χ0) is 14.5. The molecule has 20 heavy (non-hydrogen) atoms. The maximum absolute atomic E-state index is 12.2. The molecule has 1 fully saturated rings. The average Bonchev–Trinajstić information content (AvgIpc) is 2.88. The highest BCUT2D eigenvalue weighted by atomic mass is 16.3. The number of nitrogens with one attached hydrogen (secondary N) is 1. The normalized spacial score (nSPS) is 18.1. The second kappa shape index (κ2) is 6.41. The van der Waals surface area contributed by atoms with E-state index in [9.17, 15) is 14.7 Å². The molecule has 1 aliphatic heterocycles. The summed E-state index contributed by atoms with van der Waals surface area (Å²) in [5, 5.41) is 12.2. The molecule has 0 radical (unpaired) electrons. The number of likely N-dealkylation sites (tertiary alicyclic amines) is 1. The molecule has 2 rings (SSSR count). The lowest BCUT2D eigenvalue weighted by Gasteiger charge is -2.16. The van der Waals surface area contributed by atoms with Crippen LogP contribution in [0.3, 0.4) is 0 Å². The summed E-state index contributed by atoms with van der Waals surface area (Å²) < 4.78 is 0. The summed E-state index contributed by atoms with van der Waals surface area (Å²) in [4.78, 5) is 25.6. The Bertz CT molecular complexity index is 502. The lowest BCUT2D eigenvalue weighted by atomic mass is 10.1. The zero-order valence-corrected chi connectivity index (χ0v) is 11.6. The average molecular weight is 276 g/mol. The summed E-state index contributed by atoms with van der Waals surface area (Å²) in [5.74, 6) is 0.0996. The maximum Gasteiger partial charge on any atom is 0.227 e. The molecule has 1 aromatic carbocycles. The largest absolute Gasteiger partial charge is 0.508 e. The van der Waals surface area contributed by atoms with Gasteiger partial charge in [-0.1, -0.05) is 12.1 Å². The number of phenols is 1. The molecule has 1 aromatic rings. The van der Waals surface area contributed by atoms with Crippen molar-refractivity contribution in [3.05, 3.63) is 29.8 Å². The van der Waals surface area contributed by atoms with Crippen LogP contribution in [0.1, 0.15) is 18.9 Å². The zero-order valence-electron chi connectivity index (χ0n) is 11.6. The van der Waals surface area contributed by atoms with Crippen LogP contribution >= 0.6 is 0 Å². The predicted molar refractivity (Wildman–Crippen MR) is 75.2 cm³/mol.